The van der Waals surface area contributed by atoms with E-state index in [4.69, 9.17) is 23.7 Å². The molecule has 0 amide bonds. The highest BCUT2D eigenvalue weighted by molar-refractivity contribution is 5.15. The van der Waals surface area contributed by atoms with Crippen molar-refractivity contribution < 1.29 is 28.8 Å². The largest absolute Gasteiger partial charge is 0.385 e. The summed E-state index contributed by atoms with van der Waals surface area (Å²) in [5.74, 6) is 0. The third-order valence-corrected chi connectivity index (χ3v) is 6.26. The Bertz CT molecular complexity index is 995. The Kier molecular flexibility index (Phi) is 9.04. The van der Waals surface area contributed by atoms with Crippen molar-refractivity contribution >= 4 is 0 Å². The minimum atomic E-state index is -1.39. The van der Waals surface area contributed by atoms with Gasteiger partial charge >= 0.3 is 0 Å². The van der Waals surface area contributed by atoms with Gasteiger partial charge in [-0.2, -0.15) is 0 Å². The lowest BCUT2D eigenvalue weighted by molar-refractivity contribution is -0.341. The third kappa shape index (κ3) is 6.76. The first kappa shape index (κ1) is 25.5. The molecule has 3 unspecified atom stereocenters. The molecule has 6 nitrogen and oxygen atoms in total. The quantitative estimate of drug-likeness (QED) is 0.438. The maximum absolute atomic E-state index is 11.7. The predicted octanol–water partition coefficient (Wildman–Crippen LogP) is 4.50. The highest BCUT2D eigenvalue weighted by atomic mass is 16.7. The molecule has 3 aromatic carbocycles. The first-order valence-electron chi connectivity index (χ1n) is 11.9. The Morgan fingerprint density at radius 3 is 1.74 bits per heavy atom. The van der Waals surface area contributed by atoms with Gasteiger partial charge in [0.25, 0.3) is 0 Å². The van der Waals surface area contributed by atoms with Gasteiger partial charge in [0.15, 0.2) is 6.29 Å². The maximum Gasteiger partial charge on any atom is 0.186 e. The Morgan fingerprint density at radius 1 is 0.743 bits per heavy atom. The van der Waals surface area contributed by atoms with Crippen molar-refractivity contribution in [3.8, 4) is 0 Å². The highest BCUT2D eigenvalue weighted by Gasteiger charge is 2.54. The van der Waals surface area contributed by atoms with Gasteiger partial charge in [0.1, 0.15) is 23.9 Å². The van der Waals surface area contributed by atoms with Crippen LogP contribution in [0, 0.1) is 0 Å². The number of benzene rings is 3. The van der Waals surface area contributed by atoms with Gasteiger partial charge in [-0.1, -0.05) is 91.0 Å². The van der Waals surface area contributed by atoms with Crippen molar-refractivity contribution in [1.82, 2.24) is 0 Å². The van der Waals surface area contributed by atoms with E-state index in [2.05, 4.69) is 0 Å². The molecule has 1 aliphatic rings. The van der Waals surface area contributed by atoms with E-state index in [0.717, 1.165) is 16.7 Å². The normalized spacial score (nSPS) is 26.5. The lowest BCUT2D eigenvalue weighted by atomic mass is 9.85. The van der Waals surface area contributed by atoms with E-state index in [-0.39, 0.29) is 6.61 Å². The van der Waals surface area contributed by atoms with Crippen LogP contribution in [0.2, 0.25) is 0 Å². The molecule has 186 valence electrons. The molecule has 5 atom stereocenters. The molecule has 0 aromatic heterocycles. The van der Waals surface area contributed by atoms with E-state index in [1.165, 1.54) is 0 Å². The fourth-order valence-electron chi connectivity index (χ4n) is 4.25. The van der Waals surface area contributed by atoms with Crippen LogP contribution in [-0.4, -0.2) is 49.0 Å². The molecule has 0 spiro atoms. The number of aliphatic hydroxyl groups is 1. The molecule has 1 saturated heterocycles. The second-order valence-electron chi connectivity index (χ2n) is 8.93. The molecule has 35 heavy (non-hydrogen) atoms. The molecule has 0 bridgehead atoms. The van der Waals surface area contributed by atoms with Crippen LogP contribution < -0.4 is 0 Å². The average Bonchev–Trinajstić information content (AvgIpc) is 2.89. The van der Waals surface area contributed by atoms with Gasteiger partial charge in [-0.25, -0.2) is 0 Å². The zero-order valence-corrected chi connectivity index (χ0v) is 20.3. The van der Waals surface area contributed by atoms with E-state index in [0.29, 0.717) is 19.8 Å². The van der Waals surface area contributed by atoms with Crippen LogP contribution in [0.4, 0.5) is 0 Å². The minimum Gasteiger partial charge on any atom is -0.385 e. The van der Waals surface area contributed by atoms with E-state index in [9.17, 15) is 5.11 Å². The molecular formula is C29H34O6. The molecule has 0 radical (unpaired) electrons. The Hall–Kier alpha value is -2.58. The molecule has 6 heteroatoms. The van der Waals surface area contributed by atoms with E-state index >= 15 is 0 Å². The van der Waals surface area contributed by atoms with E-state index in [1.54, 1.807) is 14.0 Å². The first-order valence-corrected chi connectivity index (χ1v) is 11.9. The van der Waals surface area contributed by atoms with Gasteiger partial charge in [-0.05, 0) is 23.6 Å². The molecule has 1 N–H and O–H groups in total. The number of rotatable bonds is 11. The average molecular weight is 479 g/mol. The van der Waals surface area contributed by atoms with Crippen LogP contribution in [0.5, 0.6) is 0 Å². The first-order chi connectivity index (χ1) is 17.1. The number of methoxy groups -OCH3 is 1. The third-order valence-electron chi connectivity index (χ3n) is 6.26. The van der Waals surface area contributed by atoms with Gasteiger partial charge in [-0.3, -0.25) is 0 Å². The Labute approximate surface area is 207 Å². The number of hydrogen-bond acceptors (Lipinski definition) is 6. The van der Waals surface area contributed by atoms with Crippen molar-refractivity contribution in [2.45, 2.75) is 56.9 Å². The van der Waals surface area contributed by atoms with Crippen molar-refractivity contribution in [2.75, 3.05) is 13.7 Å². The summed E-state index contributed by atoms with van der Waals surface area (Å²) in [5, 5.41) is 11.7. The van der Waals surface area contributed by atoms with Crippen LogP contribution >= 0.6 is 0 Å². The smallest absolute Gasteiger partial charge is 0.186 e. The van der Waals surface area contributed by atoms with Crippen molar-refractivity contribution in [1.29, 1.82) is 0 Å². The molecule has 3 aromatic rings. The van der Waals surface area contributed by atoms with Crippen LogP contribution in [0.3, 0.4) is 0 Å². The Balaban J connectivity index is 1.50. The molecule has 1 aliphatic heterocycles. The monoisotopic (exact) mass is 478 g/mol. The fraction of sp³-hybridized carbons (Fsp3) is 0.379. The second kappa shape index (κ2) is 12.4. The van der Waals surface area contributed by atoms with E-state index < -0.39 is 30.2 Å². The van der Waals surface area contributed by atoms with Crippen LogP contribution in [-0.2, 0) is 43.5 Å². The standard InChI is InChI=1S/C29H34O6/c1-29(30)25(21-32-18-22-12-6-3-7-13-22)35-28(31-2)26(33-19-23-14-8-4-9-15-23)27(29)34-20-24-16-10-5-11-17-24/h3-17,25-28,30H,18-21H2,1-2H3/t25?,26?,27?,28-,29-/m0/s1. The zero-order chi connectivity index (χ0) is 24.5. The second-order valence-corrected chi connectivity index (χ2v) is 8.93. The fourth-order valence-corrected chi connectivity index (χ4v) is 4.25. The summed E-state index contributed by atoms with van der Waals surface area (Å²) in [7, 11) is 1.57. The molecule has 4 rings (SSSR count). The topological polar surface area (TPSA) is 66.4 Å². The summed E-state index contributed by atoms with van der Waals surface area (Å²) in [6.07, 6.45) is -2.77. The summed E-state index contributed by atoms with van der Waals surface area (Å²) in [5.41, 5.74) is 1.67. The highest BCUT2D eigenvalue weighted by Crippen LogP contribution is 2.35. The molecule has 1 fully saturated rings. The summed E-state index contributed by atoms with van der Waals surface area (Å²) in [4.78, 5) is 0. The maximum atomic E-state index is 11.7. The molecule has 0 aliphatic carbocycles. The number of ether oxygens (including phenoxy) is 5. The van der Waals surface area contributed by atoms with Crippen molar-refractivity contribution in [3.63, 3.8) is 0 Å². The van der Waals surface area contributed by atoms with Gasteiger partial charge in [0, 0.05) is 7.11 Å². The van der Waals surface area contributed by atoms with Crippen LogP contribution in [0.1, 0.15) is 23.6 Å². The van der Waals surface area contributed by atoms with Gasteiger partial charge in [0.2, 0.25) is 0 Å². The number of hydrogen-bond donors (Lipinski definition) is 1. The lowest BCUT2D eigenvalue weighted by Gasteiger charge is -2.49. The summed E-state index contributed by atoms with van der Waals surface area (Å²) < 4.78 is 30.3. The molecule has 0 saturated carbocycles. The van der Waals surface area contributed by atoms with Crippen LogP contribution in [0.15, 0.2) is 91.0 Å². The van der Waals surface area contributed by atoms with Gasteiger partial charge < -0.3 is 28.8 Å². The van der Waals surface area contributed by atoms with Crippen LogP contribution in [0.25, 0.3) is 0 Å². The van der Waals surface area contributed by atoms with Gasteiger partial charge in [0.05, 0.1) is 26.4 Å². The van der Waals surface area contributed by atoms with E-state index in [1.807, 2.05) is 91.0 Å². The van der Waals surface area contributed by atoms with Crippen molar-refractivity contribution in [3.05, 3.63) is 108 Å². The predicted molar refractivity (Wildman–Crippen MR) is 132 cm³/mol. The lowest BCUT2D eigenvalue weighted by Crippen LogP contribution is -2.67. The summed E-state index contributed by atoms with van der Waals surface area (Å²) in [6, 6.07) is 29.6. The van der Waals surface area contributed by atoms with Gasteiger partial charge in [-0.15, -0.1) is 0 Å². The Morgan fingerprint density at radius 2 is 1.23 bits per heavy atom. The zero-order valence-electron chi connectivity index (χ0n) is 20.3. The summed E-state index contributed by atoms with van der Waals surface area (Å²) in [6.45, 7) is 2.96. The minimum absolute atomic E-state index is 0.179. The molecular weight excluding hydrogens is 444 g/mol. The van der Waals surface area contributed by atoms with Crippen molar-refractivity contribution in [2.24, 2.45) is 0 Å². The SMILES string of the molecule is CO[C@H]1OC(COCc2ccccc2)[C@](C)(O)C(OCc2ccccc2)C1OCc1ccccc1. The molecule has 1 heterocycles. The summed E-state index contributed by atoms with van der Waals surface area (Å²) >= 11 is 0.